The van der Waals surface area contributed by atoms with Gasteiger partial charge < -0.3 is 18.6 Å². The lowest BCUT2D eigenvalue weighted by molar-refractivity contribution is 0.0316. The Morgan fingerprint density at radius 3 is 2.68 bits per heavy atom. The summed E-state index contributed by atoms with van der Waals surface area (Å²) in [5.41, 5.74) is 0.963. The normalized spacial score (nSPS) is 17.5. The van der Waals surface area contributed by atoms with E-state index in [-0.39, 0.29) is 5.91 Å². The zero-order chi connectivity index (χ0) is 21.4. The van der Waals surface area contributed by atoms with Crippen molar-refractivity contribution in [2.24, 2.45) is 0 Å². The van der Waals surface area contributed by atoms with Crippen LogP contribution in [0.4, 0.5) is 4.79 Å². The number of amides is 2. The van der Waals surface area contributed by atoms with Crippen molar-refractivity contribution in [3.8, 4) is 11.4 Å². The Morgan fingerprint density at radius 1 is 1.16 bits per heavy atom. The summed E-state index contributed by atoms with van der Waals surface area (Å²) in [5.74, 6) is 1.37. The van der Waals surface area contributed by atoms with Crippen molar-refractivity contribution in [2.45, 2.75) is 24.9 Å². The number of nitrogens with zero attached hydrogens (tertiary/aromatic N) is 6. The minimum Gasteiger partial charge on any atom is -0.472 e. The number of hydrogen-bond donors (Lipinski definition) is 0. The third kappa shape index (κ3) is 3.24. The van der Waals surface area contributed by atoms with Crippen LogP contribution in [0.15, 0.2) is 47.5 Å². The molecule has 3 aromatic heterocycles. The molecule has 3 aromatic rings. The molecule has 0 aliphatic carbocycles. The predicted octanol–water partition coefficient (Wildman–Crippen LogP) is 2.15. The van der Waals surface area contributed by atoms with E-state index in [1.807, 2.05) is 17.0 Å². The van der Waals surface area contributed by atoms with Crippen LogP contribution in [0.25, 0.3) is 11.4 Å². The monoisotopic (exact) mass is 422 g/mol. The average molecular weight is 422 g/mol. The molecule has 2 amide bonds. The maximum Gasteiger partial charge on any atom is 0.409 e. The van der Waals surface area contributed by atoms with Crippen molar-refractivity contribution in [1.82, 2.24) is 29.5 Å². The van der Waals surface area contributed by atoms with Crippen molar-refractivity contribution in [3.63, 3.8) is 0 Å². The number of pyridine rings is 1. The number of rotatable bonds is 2. The molecule has 5 heterocycles. The number of furan rings is 1. The van der Waals surface area contributed by atoms with Crippen molar-refractivity contribution in [1.29, 1.82) is 0 Å². The molecule has 2 aliphatic rings. The average Bonchev–Trinajstić information content (AvgIpc) is 3.50. The van der Waals surface area contributed by atoms with Gasteiger partial charge in [0.15, 0.2) is 11.6 Å². The van der Waals surface area contributed by atoms with Crippen molar-refractivity contribution < 1.29 is 18.7 Å². The molecule has 10 heteroatoms. The Morgan fingerprint density at radius 2 is 2.00 bits per heavy atom. The molecule has 0 N–H and O–H groups in total. The molecule has 5 rings (SSSR count). The summed E-state index contributed by atoms with van der Waals surface area (Å²) in [5, 5.41) is 8.82. The third-order valence-electron chi connectivity index (χ3n) is 6.12. The van der Waals surface area contributed by atoms with Gasteiger partial charge in [0, 0.05) is 37.6 Å². The maximum atomic E-state index is 12.8. The Balaban J connectivity index is 1.50. The van der Waals surface area contributed by atoms with E-state index in [9.17, 15) is 9.59 Å². The highest BCUT2D eigenvalue weighted by molar-refractivity contribution is 5.93. The van der Waals surface area contributed by atoms with E-state index in [1.165, 1.54) is 19.6 Å². The first-order valence-electron chi connectivity index (χ1n) is 10.1. The number of ether oxygens (including phenoxy) is 1. The fourth-order valence-electron chi connectivity index (χ4n) is 4.59. The van der Waals surface area contributed by atoms with Crippen LogP contribution in [0, 0.1) is 0 Å². The van der Waals surface area contributed by atoms with E-state index in [1.54, 1.807) is 23.4 Å². The van der Waals surface area contributed by atoms with Crippen LogP contribution >= 0.6 is 0 Å². The van der Waals surface area contributed by atoms with Crippen LogP contribution in [0.5, 0.6) is 0 Å². The predicted molar refractivity (Wildman–Crippen MR) is 108 cm³/mol. The summed E-state index contributed by atoms with van der Waals surface area (Å²) < 4.78 is 12.2. The molecule has 160 valence electrons. The third-order valence-corrected chi connectivity index (χ3v) is 6.12. The number of aromatic nitrogens is 4. The zero-order valence-corrected chi connectivity index (χ0v) is 17.1. The molecule has 1 saturated heterocycles. The van der Waals surface area contributed by atoms with Crippen molar-refractivity contribution >= 4 is 12.0 Å². The molecule has 1 fully saturated rings. The maximum absolute atomic E-state index is 12.8. The van der Waals surface area contributed by atoms with Gasteiger partial charge in [0.25, 0.3) is 5.91 Å². The first kappa shape index (κ1) is 19.3. The Bertz CT molecular complexity index is 1090. The molecule has 31 heavy (non-hydrogen) atoms. The summed E-state index contributed by atoms with van der Waals surface area (Å²) in [4.78, 5) is 32.8. The van der Waals surface area contributed by atoms with E-state index in [2.05, 4.69) is 19.7 Å². The van der Waals surface area contributed by atoms with Gasteiger partial charge in [-0.15, -0.1) is 10.2 Å². The number of piperidine rings is 1. The van der Waals surface area contributed by atoms with Gasteiger partial charge in [-0.2, -0.15) is 0 Å². The Hall–Kier alpha value is -3.69. The Kier molecular flexibility index (Phi) is 4.68. The molecule has 0 saturated carbocycles. The molecule has 0 aromatic carbocycles. The van der Waals surface area contributed by atoms with Gasteiger partial charge in [-0.1, -0.05) is 0 Å². The molecular weight excluding hydrogens is 400 g/mol. The largest absolute Gasteiger partial charge is 0.472 e. The second kappa shape index (κ2) is 7.53. The molecule has 2 aliphatic heterocycles. The molecule has 0 unspecified atom stereocenters. The van der Waals surface area contributed by atoms with E-state index >= 15 is 0 Å². The van der Waals surface area contributed by atoms with Gasteiger partial charge in [-0.05, 0) is 31.0 Å². The quantitative estimate of drug-likeness (QED) is 0.623. The van der Waals surface area contributed by atoms with Crippen molar-refractivity contribution in [3.05, 3.63) is 54.5 Å². The second-order valence-corrected chi connectivity index (χ2v) is 7.87. The highest BCUT2D eigenvalue weighted by Gasteiger charge is 2.46. The number of fused-ring (bicyclic) bond motifs is 2. The lowest BCUT2D eigenvalue weighted by Gasteiger charge is -2.48. The molecular formula is C21H22N6O4. The first-order chi connectivity index (χ1) is 15.1. The van der Waals surface area contributed by atoms with Gasteiger partial charge >= 0.3 is 6.09 Å². The number of carbonyl (C=O) groups is 2. The lowest BCUT2D eigenvalue weighted by atomic mass is 9.84. The minimum absolute atomic E-state index is 0.0549. The van der Waals surface area contributed by atoms with Crippen LogP contribution in [0.1, 0.15) is 29.0 Å². The second-order valence-electron chi connectivity index (χ2n) is 7.87. The number of hydrogen-bond acceptors (Lipinski definition) is 7. The lowest BCUT2D eigenvalue weighted by Crippen LogP contribution is -2.57. The summed E-state index contributed by atoms with van der Waals surface area (Å²) >= 11 is 0. The summed E-state index contributed by atoms with van der Waals surface area (Å²) in [7, 11) is 1.38. The van der Waals surface area contributed by atoms with E-state index in [0.717, 1.165) is 11.4 Å². The summed E-state index contributed by atoms with van der Waals surface area (Å²) in [6.45, 7) is 1.87. The van der Waals surface area contributed by atoms with Gasteiger partial charge in [0.05, 0.1) is 31.0 Å². The van der Waals surface area contributed by atoms with Crippen LogP contribution in [0.2, 0.25) is 0 Å². The minimum atomic E-state index is -0.441. The molecule has 10 nitrogen and oxygen atoms in total. The van der Waals surface area contributed by atoms with Crippen LogP contribution in [-0.4, -0.2) is 68.3 Å². The fourth-order valence-corrected chi connectivity index (χ4v) is 4.59. The van der Waals surface area contributed by atoms with Gasteiger partial charge in [-0.3, -0.25) is 14.7 Å². The van der Waals surface area contributed by atoms with E-state index in [4.69, 9.17) is 9.15 Å². The standard InChI is InChI=1S/C21H22N6O4/c1-30-20(29)26-12-17-23-24-18(15-3-2-7-22-11-15)27(17)21(14-26)5-8-25(9-6-21)19(28)16-4-10-31-13-16/h2-4,7,10-11,13H,5-6,8-9,12,14H2,1H3. The number of methoxy groups -OCH3 is 1. The van der Waals surface area contributed by atoms with E-state index in [0.29, 0.717) is 50.4 Å². The smallest absolute Gasteiger partial charge is 0.409 e. The van der Waals surface area contributed by atoms with Gasteiger partial charge in [0.1, 0.15) is 6.26 Å². The molecule has 0 radical (unpaired) electrons. The molecule has 0 bridgehead atoms. The fraction of sp³-hybridized carbons (Fsp3) is 0.381. The Labute approximate surface area is 178 Å². The molecule has 0 atom stereocenters. The van der Waals surface area contributed by atoms with Crippen molar-refractivity contribution in [2.75, 3.05) is 26.7 Å². The van der Waals surface area contributed by atoms with E-state index < -0.39 is 11.6 Å². The summed E-state index contributed by atoms with van der Waals surface area (Å²) in [6, 6.07) is 5.48. The van der Waals surface area contributed by atoms with Gasteiger partial charge in [0.2, 0.25) is 0 Å². The van der Waals surface area contributed by atoms with Crippen LogP contribution in [-0.2, 0) is 16.8 Å². The topological polar surface area (TPSA) is 107 Å². The zero-order valence-electron chi connectivity index (χ0n) is 17.1. The van der Waals surface area contributed by atoms with Crippen LogP contribution < -0.4 is 0 Å². The number of likely N-dealkylation sites (tertiary alicyclic amines) is 1. The SMILES string of the molecule is COC(=O)N1Cc2nnc(-c3cccnc3)n2C2(CCN(C(=O)c3ccoc3)CC2)C1. The summed E-state index contributed by atoms with van der Waals surface area (Å²) in [6.07, 6.45) is 7.35. The highest BCUT2D eigenvalue weighted by atomic mass is 16.5. The molecule has 1 spiro atoms. The van der Waals surface area contributed by atoms with Crippen LogP contribution in [0.3, 0.4) is 0 Å². The van der Waals surface area contributed by atoms with Gasteiger partial charge in [-0.25, -0.2) is 4.79 Å². The highest BCUT2D eigenvalue weighted by Crippen LogP contribution is 2.39. The number of carbonyl (C=O) groups excluding carboxylic acids is 2. The first-order valence-corrected chi connectivity index (χ1v) is 10.1.